The maximum absolute atomic E-state index is 10.9. The van der Waals surface area contributed by atoms with Gasteiger partial charge in [-0.25, -0.2) is 0 Å². The third-order valence-electron chi connectivity index (χ3n) is 3.05. The van der Waals surface area contributed by atoms with E-state index < -0.39 is 0 Å². The summed E-state index contributed by atoms with van der Waals surface area (Å²) in [6.07, 6.45) is 3.14. The van der Waals surface area contributed by atoms with Crippen molar-refractivity contribution in [3.05, 3.63) is 0 Å². The van der Waals surface area contributed by atoms with Crippen molar-refractivity contribution < 1.29 is 4.79 Å². The molecule has 0 rings (SSSR count). The molecule has 0 aliphatic heterocycles. The zero-order valence-electron chi connectivity index (χ0n) is 9.63. The lowest BCUT2D eigenvalue weighted by Gasteiger charge is -2.31. The summed E-state index contributed by atoms with van der Waals surface area (Å²) < 4.78 is 0. The molecular formula is C11H23NO. The van der Waals surface area contributed by atoms with Crippen molar-refractivity contribution in [2.45, 2.75) is 46.6 Å². The summed E-state index contributed by atoms with van der Waals surface area (Å²) in [6, 6.07) is 0.561. The highest BCUT2D eigenvalue weighted by Crippen LogP contribution is 2.20. The average Bonchev–Trinajstić information content (AvgIpc) is 2.16. The van der Waals surface area contributed by atoms with E-state index >= 15 is 0 Å². The van der Waals surface area contributed by atoms with Gasteiger partial charge >= 0.3 is 0 Å². The first-order valence-corrected chi connectivity index (χ1v) is 5.15. The summed E-state index contributed by atoms with van der Waals surface area (Å²) in [6.45, 7) is 9.33. The van der Waals surface area contributed by atoms with Crippen molar-refractivity contribution in [2.75, 3.05) is 13.6 Å². The van der Waals surface area contributed by atoms with E-state index in [-0.39, 0.29) is 5.41 Å². The molecule has 0 amide bonds. The molecule has 0 aliphatic rings. The Morgan fingerprint density at radius 1 is 1.46 bits per heavy atom. The fourth-order valence-electron chi connectivity index (χ4n) is 1.27. The Morgan fingerprint density at radius 3 is 2.31 bits per heavy atom. The van der Waals surface area contributed by atoms with Crippen molar-refractivity contribution in [3.8, 4) is 0 Å². The second kappa shape index (κ2) is 5.38. The predicted octanol–water partition coefficient (Wildman–Crippen LogP) is 2.33. The lowest BCUT2D eigenvalue weighted by Crippen LogP contribution is -2.39. The van der Waals surface area contributed by atoms with Crippen molar-refractivity contribution in [2.24, 2.45) is 5.41 Å². The highest BCUT2D eigenvalue weighted by Gasteiger charge is 2.24. The van der Waals surface area contributed by atoms with E-state index in [4.69, 9.17) is 0 Å². The third-order valence-corrected chi connectivity index (χ3v) is 3.05. The zero-order chi connectivity index (χ0) is 10.5. The molecule has 0 spiro atoms. The van der Waals surface area contributed by atoms with Gasteiger partial charge in [-0.05, 0) is 26.8 Å². The van der Waals surface area contributed by atoms with Crippen molar-refractivity contribution in [1.29, 1.82) is 0 Å². The number of hydrogen-bond donors (Lipinski definition) is 0. The van der Waals surface area contributed by atoms with Gasteiger partial charge in [0.2, 0.25) is 0 Å². The maximum Gasteiger partial charge on any atom is 0.127 e. The number of rotatable bonds is 6. The van der Waals surface area contributed by atoms with Gasteiger partial charge in [0.1, 0.15) is 6.29 Å². The molecule has 0 heterocycles. The summed E-state index contributed by atoms with van der Waals surface area (Å²) in [7, 11) is 2.09. The molecule has 0 saturated heterocycles. The van der Waals surface area contributed by atoms with Crippen LogP contribution in [0.5, 0.6) is 0 Å². The minimum atomic E-state index is -0.168. The van der Waals surface area contributed by atoms with Crippen LogP contribution >= 0.6 is 0 Å². The van der Waals surface area contributed by atoms with Gasteiger partial charge in [0.25, 0.3) is 0 Å². The molecule has 0 bridgehead atoms. The predicted molar refractivity (Wildman–Crippen MR) is 56.8 cm³/mol. The Labute approximate surface area is 82.3 Å². The summed E-state index contributed by atoms with van der Waals surface area (Å²) in [5, 5.41) is 0. The Balaban J connectivity index is 4.16. The Bertz CT molecular complexity index is 158. The average molecular weight is 185 g/mol. The summed E-state index contributed by atoms with van der Waals surface area (Å²) >= 11 is 0. The van der Waals surface area contributed by atoms with Crippen LogP contribution in [0.2, 0.25) is 0 Å². The van der Waals surface area contributed by atoms with Crippen molar-refractivity contribution in [3.63, 3.8) is 0 Å². The van der Waals surface area contributed by atoms with Gasteiger partial charge in [0.05, 0.1) is 0 Å². The van der Waals surface area contributed by atoms with E-state index in [1.165, 1.54) is 0 Å². The van der Waals surface area contributed by atoms with Crippen LogP contribution in [-0.4, -0.2) is 30.8 Å². The number of carbonyl (C=O) groups excluding carboxylic acids is 1. The van der Waals surface area contributed by atoms with Crippen LogP contribution in [0.15, 0.2) is 0 Å². The Hall–Kier alpha value is -0.370. The minimum absolute atomic E-state index is 0.168. The Kier molecular flexibility index (Phi) is 5.23. The normalized spacial score (nSPS) is 18.3. The molecule has 2 atom stereocenters. The monoisotopic (exact) mass is 185 g/mol. The first-order valence-electron chi connectivity index (χ1n) is 5.15. The van der Waals surface area contributed by atoms with Gasteiger partial charge in [0, 0.05) is 18.0 Å². The third kappa shape index (κ3) is 3.90. The fourth-order valence-corrected chi connectivity index (χ4v) is 1.27. The van der Waals surface area contributed by atoms with Crippen LogP contribution < -0.4 is 0 Å². The van der Waals surface area contributed by atoms with Crippen LogP contribution in [0.25, 0.3) is 0 Å². The molecule has 0 aromatic heterocycles. The molecule has 2 nitrogen and oxygen atoms in total. The van der Waals surface area contributed by atoms with Gasteiger partial charge in [-0.1, -0.05) is 20.8 Å². The second-order valence-corrected chi connectivity index (χ2v) is 4.30. The van der Waals surface area contributed by atoms with Crippen LogP contribution in [0, 0.1) is 5.41 Å². The molecule has 0 aliphatic carbocycles. The SMILES string of the molecule is CCC(C)N(C)CC(C)(C=O)CC. The van der Waals surface area contributed by atoms with Crippen LogP contribution in [0.1, 0.15) is 40.5 Å². The smallest absolute Gasteiger partial charge is 0.127 e. The largest absolute Gasteiger partial charge is 0.303 e. The van der Waals surface area contributed by atoms with Crippen molar-refractivity contribution >= 4 is 6.29 Å². The lowest BCUT2D eigenvalue weighted by atomic mass is 9.88. The van der Waals surface area contributed by atoms with E-state index in [1.807, 2.05) is 6.92 Å². The van der Waals surface area contributed by atoms with Gasteiger partial charge in [0.15, 0.2) is 0 Å². The number of nitrogens with zero attached hydrogens (tertiary/aromatic N) is 1. The quantitative estimate of drug-likeness (QED) is 0.592. The van der Waals surface area contributed by atoms with Gasteiger partial charge in [-0.2, -0.15) is 0 Å². The molecule has 78 valence electrons. The molecule has 0 fully saturated rings. The lowest BCUT2D eigenvalue weighted by molar-refractivity contribution is -0.116. The highest BCUT2D eigenvalue weighted by atomic mass is 16.1. The van der Waals surface area contributed by atoms with E-state index in [2.05, 4.69) is 32.7 Å². The maximum atomic E-state index is 10.9. The van der Waals surface area contributed by atoms with E-state index in [9.17, 15) is 4.79 Å². The first kappa shape index (κ1) is 12.6. The summed E-state index contributed by atoms with van der Waals surface area (Å²) in [5.74, 6) is 0. The van der Waals surface area contributed by atoms with Crippen LogP contribution in [-0.2, 0) is 4.79 Å². The highest BCUT2D eigenvalue weighted by molar-refractivity contribution is 5.58. The topological polar surface area (TPSA) is 20.3 Å². The number of hydrogen-bond acceptors (Lipinski definition) is 2. The molecule has 2 heteroatoms. The fraction of sp³-hybridized carbons (Fsp3) is 0.909. The molecule has 0 saturated carbocycles. The molecule has 13 heavy (non-hydrogen) atoms. The van der Waals surface area contributed by atoms with Gasteiger partial charge < -0.3 is 9.69 Å². The number of carbonyl (C=O) groups is 1. The molecule has 2 unspecified atom stereocenters. The number of aldehydes is 1. The molecule has 0 radical (unpaired) electrons. The minimum Gasteiger partial charge on any atom is -0.303 e. The molecule has 0 aromatic carbocycles. The molecular weight excluding hydrogens is 162 g/mol. The standard InChI is InChI=1S/C11H23NO/c1-6-10(3)12(5)8-11(4,7-2)9-13/h9-10H,6-8H2,1-5H3. The van der Waals surface area contributed by atoms with Crippen molar-refractivity contribution in [1.82, 2.24) is 4.90 Å². The second-order valence-electron chi connectivity index (χ2n) is 4.30. The molecule has 0 aromatic rings. The van der Waals surface area contributed by atoms with Gasteiger partial charge in [-0.3, -0.25) is 0 Å². The van der Waals surface area contributed by atoms with Crippen LogP contribution in [0.3, 0.4) is 0 Å². The summed E-state index contributed by atoms with van der Waals surface area (Å²) in [5.41, 5.74) is -0.168. The Morgan fingerprint density at radius 2 is 2.00 bits per heavy atom. The van der Waals surface area contributed by atoms with E-state index in [0.717, 1.165) is 25.7 Å². The molecule has 0 N–H and O–H groups in total. The first-order chi connectivity index (χ1) is 5.99. The van der Waals surface area contributed by atoms with E-state index in [0.29, 0.717) is 6.04 Å². The van der Waals surface area contributed by atoms with E-state index in [1.54, 1.807) is 0 Å². The van der Waals surface area contributed by atoms with Gasteiger partial charge in [-0.15, -0.1) is 0 Å². The van der Waals surface area contributed by atoms with Crippen LogP contribution in [0.4, 0.5) is 0 Å². The summed E-state index contributed by atoms with van der Waals surface area (Å²) in [4.78, 5) is 13.1. The zero-order valence-corrected chi connectivity index (χ0v) is 9.63.